The largest absolute Gasteiger partial charge is 0.496 e. The summed E-state index contributed by atoms with van der Waals surface area (Å²) < 4.78 is 5.26. The van der Waals surface area contributed by atoms with Crippen LogP contribution in [0.3, 0.4) is 0 Å². The van der Waals surface area contributed by atoms with Crippen LogP contribution in [0.25, 0.3) is 0 Å². The van der Waals surface area contributed by atoms with Gasteiger partial charge in [-0.15, -0.1) is 0 Å². The minimum atomic E-state index is -0.484. The van der Waals surface area contributed by atoms with Gasteiger partial charge in [-0.05, 0) is 49.9 Å². The Kier molecular flexibility index (Phi) is 5.59. The molecule has 2 aliphatic heterocycles. The fourth-order valence-corrected chi connectivity index (χ4v) is 4.64. The molecule has 2 amide bonds. The summed E-state index contributed by atoms with van der Waals surface area (Å²) in [6.45, 7) is -0.138. The Bertz CT molecular complexity index is 933. The molecule has 8 heteroatoms. The zero-order chi connectivity index (χ0) is 21.3. The summed E-state index contributed by atoms with van der Waals surface area (Å²) in [5, 5.41) is 12.5. The fraction of sp³-hybridized carbons (Fsp3) is 0.409. The average Bonchev–Trinajstić information content (AvgIpc) is 3.03. The number of ether oxygens (including phenoxy) is 1. The second kappa shape index (κ2) is 8.31. The van der Waals surface area contributed by atoms with E-state index in [0.29, 0.717) is 34.5 Å². The molecule has 158 valence electrons. The summed E-state index contributed by atoms with van der Waals surface area (Å²) in [7, 11) is 1.52. The zero-order valence-electron chi connectivity index (χ0n) is 16.9. The van der Waals surface area contributed by atoms with Gasteiger partial charge >= 0.3 is 0 Å². The van der Waals surface area contributed by atoms with E-state index < -0.39 is 5.91 Å². The van der Waals surface area contributed by atoms with E-state index in [4.69, 9.17) is 10.5 Å². The number of nitrogens with zero attached hydrogens (tertiary/aromatic N) is 2. The van der Waals surface area contributed by atoms with Crippen LogP contribution in [0, 0.1) is 0 Å². The predicted octanol–water partition coefficient (Wildman–Crippen LogP) is 1.61. The van der Waals surface area contributed by atoms with Gasteiger partial charge in [0.2, 0.25) is 5.91 Å². The minimum Gasteiger partial charge on any atom is -0.496 e. The molecule has 0 unspecified atom stereocenters. The summed E-state index contributed by atoms with van der Waals surface area (Å²) in [6.07, 6.45) is 5.31. The Balaban J connectivity index is 1.43. The second-order valence-electron chi connectivity index (χ2n) is 7.89. The van der Waals surface area contributed by atoms with Crippen molar-refractivity contribution < 1.29 is 19.4 Å². The number of primary amides is 1. The van der Waals surface area contributed by atoms with Gasteiger partial charge in [-0.2, -0.15) is 0 Å². The first-order valence-electron chi connectivity index (χ1n) is 10.1. The molecule has 2 fully saturated rings. The van der Waals surface area contributed by atoms with E-state index in [1.807, 2.05) is 6.07 Å². The summed E-state index contributed by atoms with van der Waals surface area (Å²) in [5.74, 6) is 0.730. The Labute approximate surface area is 175 Å². The van der Waals surface area contributed by atoms with E-state index in [1.54, 1.807) is 24.3 Å². The van der Waals surface area contributed by atoms with E-state index in [2.05, 4.69) is 15.2 Å². The van der Waals surface area contributed by atoms with Crippen molar-refractivity contribution in [2.75, 3.05) is 12.0 Å². The molecular formula is C22H26N4O4. The van der Waals surface area contributed by atoms with Crippen LogP contribution in [0.4, 0.5) is 5.82 Å². The van der Waals surface area contributed by atoms with Gasteiger partial charge < -0.3 is 25.8 Å². The number of carbonyl (C=O) groups is 2. The monoisotopic (exact) mass is 410 g/mol. The van der Waals surface area contributed by atoms with Crippen molar-refractivity contribution in [2.24, 2.45) is 5.73 Å². The zero-order valence-corrected chi connectivity index (χ0v) is 16.9. The van der Waals surface area contributed by atoms with E-state index in [1.165, 1.54) is 13.3 Å². The van der Waals surface area contributed by atoms with E-state index >= 15 is 0 Å². The number of aromatic nitrogens is 1. The van der Waals surface area contributed by atoms with Crippen molar-refractivity contribution in [1.29, 1.82) is 0 Å². The first-order chi connectivity index (χ1) is 14.5. The number of amides is 2. The highest BCUT2D eigenvalue weighted by molar-refractivity contribution is 5.95. The van der Waals surface area contributed by atoms with Crippen LogP contribution in [-0.4, -0.2) is 47.1 Å². The number of aliphatic hydroxyl groups is 1. The smallest absolute Gasteiger partial charge is 0.251 e. The number of rotatable bonds is 6. The van der Waals surface area contributed by atoms with Gasteiger partial charge in [0.05, 0.1) is 19.3 Å². The number of carbonyl (C=O) groups excluding carboxylic acids is 2. The number of anilines is 1. The number of benzene rings is 1. The molecule has 0 aliphatic carbocycles. The summed E-state index contributed by atoms with van der Waals surface area (Å²) in [5.41, 5.74) is 6.87. The normalized spacial score (nSPS) is 22.6. The fourth-order valence-electron chi connectivity index (χ4n) is 4.64. The highest BCUT2D eigenvalue weighted by Gasteiger charge is 2.41. The summed E-state index contributed by atoms with van der Waals surface area (Å²) in [4.78, 5) is 30.8. The second-order valence-corrected chi connectivity index (χ2v) is 7.89. The highest BCUT2D eigenvalue weighted by atomic mass is 16.5. The molecule has 1 aromatic heterocycles. The molecular weight excluding hydrogens is 384 g/mol. The van der Waals surface area contributed by atoms with Crippen molar-refractivity contribution in [3.63, 3.8) is 0 Å². The first-order valence-corrected chi connectivity index (χ1v) is 10.1. The molecule has 4 rings (SSSR count). The molecule has 3 heterocycles. The van der Waals surface area contributed by atoms with Gasteiger partial charge in [-0.1, -0.05) is 6.07 Å². The maximum absolute atomic E-state index is 12.8. The lowest BCUT2D eigenvalue weighted by molar-refractivity contribution is 0.0925. The lowest BCUT2D eigenvalue weighted by atomic mass is 9.96. The van der Waals surface area contributed by atoms with Gasteiger partial charge in [0.1, 0.15) is 11.6 Å². The maximum atomic E-state index is 12.8. The Hall–Kier alpha value is -3.13. The van der Waals surface area contributed by atoms with E-state index in [0.717, 1.165) is 31.5 Å². The number of hydrogen-bond acceptors (Lipinski definition) is 6. The molecule has 4 N–H and O–H groups in total. The third-order valence-corrected chi connectivity index (χ3v) is 6.08. The quantitative estimate of drug-likeness (QED) is 0.666. The molecule has 0 spiro atoms. The van der Waals surface area contributed by atoms with Crippen LogP contribution in [0.5, 0.6) is 5.75 Å². The topological polar surface area (TPSA) is 118 Å². The third kappa shape index (κ3) is 3.82. The van der Waals surface area contributed by atoms with Gasteiger partial charge in [0.15, 0.2) is 0 Å². The Morgan fingerprint density at radius 3 is 2.47 bits per heavy atom. The number of fused-ring (bicyclic) bond motifs is 2. The molecule has 2 aromatic rings. The number of nitrogens with two attached hydrogens (primary N) is 1. The summed E-state index contributed by atoms with van der Waals surface area (Å²) in [6, 6.07) is 9.31. The van der Waals surface area contributed by atoms with Crippen LogP contribution >= 0.6 is 0 Å². The summed E-state index contributed by atoms with van der Waals surface area (Å²) >= 11 is 0. The molecule has 30 heavy (non-hydrogen) atoms. The van der Waals surface area contributed by atoms with Gasteiger partial charge in [0.25, 0.3) is 5.91 Å². The number of nitrogens with one attached hydrogen (secondary N) is 1. The van der Waals surface area contributed by atoms with Crippen LogP contribution in [0.1, 0.15) is 52.0 Å². The highest BCUT2D eigenvalue weighted by Crippen LogP contribution is 2.38. The Morgan fingerprint density at radius 2 is 1.90 bits per heavy atom. The number of methoxy groups -OCH3 is 1. The molecule has 3 atom stereocenters. The van der Waals surface area contributed by atoms with E-state index in [-0.39, 0.29) is 18.6 Å². The molecule has 2 bridgehead atoms. The molecule has 2 saturated heterocycles. The van der Waals surface area contributed by atoms with E-state index in [9.17, 15) is 14.7 Å². The van der Waals surface area contributed by atoms with Crippen LogP contribution in [0.2, 0.25) is 0 Å². The SMILES string of the molecule is COc1cc(C(=O)N[C@H]2C[C@H]3CC[C@@H](C2)N3c2ccc(C(N)=O)cn2)ccc1CO. The van der Waals surface area contributed by atoms with Crippen LogP contribution in [-0.2, 0) is 6.61 Å². The Morgan fingerprint density at radius 1 is 1.20 bits per heavy atom. The number of pyridine rings is 1. The number of aliphatic hydroxyl groups excluding tert-OH is 1. The standard InChI is InChI=1S/C22H26N4O4/c1-30-19-8-13(2-3-15(19)12-27)22(29)25-16-9-17-5-6-18(10-16)26(17)20-7-4-14(11-24-20)21(23)28/h2-4,7-8,11,16-18,27H,5-6,9-10,12H2,1H3,(H2,23,28)(H,25,29)/t16-,17+,18-. The molecule has 1 aromatic carbocycles. The van der Waals surface area contributed by atoms with Crippen molar-refractivity contribution >= 4 is 17.6 Å². The lowest BCUT2D eigenvalue weighted by Gasteiger charge is -2.40. The number of hydrogen-bond donors (Lipinski definition) is 3. The van der Waals surface area contributed by atoms with Gasteiger partial charge in [-0.25, -0.2) is 4.98 Å². The van der Waals surface area contributed by atoms with Crippen molar-refractivity contribution in [3.05, 3.63) is 53.2 Å². The molecule has 2 aliphatic rings. The molecule has 0 saturated carbocycles. The predicted molar refractivity (Wildman–Crippen MR) is 111 cm³/mol. The van der Waals surface area contributed by atoms with Crippen molar-refractivity contribution in [3.8, 4) is 5.75 Å². The average molecular weight is 410 g/mol. The minimum absolute atomic E-state index is 0.0830. The number of piperidine rings is 1. The van der Waals surface area contributed by atoms with Gasteiger partial charge in [-0.3, -0.25) is 9.59 Å². The van der Waals surface area contributed by atoms with Crippen molar-refractivity contribution in [1.82, 2.24) is 10.3 Å². The van der Waals surface area contributed by atoms with Crippen molar-refractivity contribution in [2.45, 2.75) is 50.4 Å². The first kappa shape index (κ1) is 20.2. The lowest BCUT2D eigenvalue weighted by Crippen LogP contribution is -2.50. The van der Waals surface area contributed by atoms with Gasteiger partial charge in [0, 0.05) is 35.4 Å². The molecule has 0 radical (unpaired) electrons. The van der Waals surface area contributed by atoms with Crippen LogP contribution < -0.4 is 20.7 Å². The molecule has 8 nitrogen and oxygen atoms in total. The maximum Gasteiger partial charge on any atom is 0.251 e. The third-order valence-electron chi connectivity index (χ3n) is 6.08. The van der Waals surface area contributed by atoms with Crippen LogP contribution in [0.15, 0.2) is 36.5 Å².